The van der Waals surface area contributed by atoms with Gasteiger partial charge in [-0.25, -0.2) is 8.42 Å². The van der Waals surface area contributed by atoms with Gasteiger partial charge in [-0.1, -0.05) is 30.0 Å². The van der Waals surface area contributed by atoms with Crippen molar-refractivity contribution in [3.05, 3.63) is 30.3 Å². The van der Waals surface area contributed by atoms with Gasteiger partial charge in [0.05, 0.1) is 16.8 Å². The van der Waals surface area contributed by atoms with Crippen LogP contribution in [0.15, 0.2) is 40.0 Å². The van der Waals surface area contributed by atoms with Crippen LogP contribution in [0.4, 0.5) is 0 Å². The van der Waals surface area contributed by atoms with Gasteiger partial charge in [0.15, 0.2) is 9.84 Å². The molecule has 128 valence electrons. The van der Waals surface area contributed by atoms with E-state index in [1.54, 1.807) is 6.92 Å². The molecule has 0 saturated carbocycles. The topological polar surface area (TPSA) is 102 Å². The fraction of sp³-hybridized carbons (Fsp3) is 0.400. The van der Waals surface area contributed by atoms with Gasteiger partial charge in [0.25, 0.3) is 5.22 Å². The Morgan fingerprint density at radius 2 is 2.08 bits per heavy atom. The summed E-state index contributed by atoms with van der Waals surface area (Å²) < 4.78 is 28.4. The molecule has 1 fully saturated rings. The average Bonchev–Trinajstić information content (AvgIpc) is 3.14. The first-order chi connectivity index (χ1) is 11.4. The van der Waals surface area contributed by atoms with Gasteiger partial charge in [0.2, 0.25) is 11.8 Å². The van der Waals surface area contributed by atoms with Gasteiger partial charge in [0, 0.05) is 11.6 Å². The van der Waals surface area contributed by atoms with E-state index in [2.05, 4.69) is 15.5 Å². The van der Waals surface area contributed by atoms with E-state index in [0.717, 1.165) is 17.3 Å². The fourth-order valence-electron chi connectivity index (χ4n) is 2.39. The Balaban J connectivity index is 1.58. The zero-order valence-electron chi connectivity index (χ0n) is 13.0. The minimum atomic E-state index is -3.02. The molecular formula is C15H17N3O4S2. The monoisotopic (exact) mass is 367 g/mol. The number of carbonyl (C=O) groups is 1. The van der Waals surface area contributed by atoms with E-state index in [9.17, 15) is 13.2 Å². The second-order valence-corrected chi connectivity index (χ2v) is 9.13. The predicted molar refractivity (Wildman–Crippen MR) is 90.3 cm³/mol. The molecule has 1 aromatic carbocycles. The molecule has 0 radical (unpaired) electrons. The number of aromatic nitrogens is 2. The van der Waals surface area contributed by atoms with Crippen LogP contribution in [0, 0.1) is 0 Å². The van der Waals surface area contributed by atoms with E-state index >= 15 is 0 Å². The third-order valence-corrected chi connectivity index (χ3v) is 6.36. The van der Waals surface area contributed by atoms with Crippen LogP contribution in [-0.2, 0) is 14.6 Å². The molecule has 1 N–H and O–H groups in total. The molecule has 1 saturated heterocycles. The van der Waals surface area contributed by atoms with Crippen molar-refractivity contribution in [3.8, 4) is 11.5 Å². The molecule has 1 aliphatic heterocycles. The van der Waals surface area contributed by atoms with E-state index in [1.807, 2.05) is 30.3 Å². The number of nitrogens with one attached hydrogen (secondary N) is 1. The van der Waals surface area contributed by atoms with Gasteiger partial charge in [-0.05, 0) is 25.5 Å². The highest BCUT2D eigenvalue weighted by atomic mass is 32.2. The van der Waals surface area contributed by atoms with Crippen molar-refractivity contribution in [2.24, 2.45) is 0 Å². The van der Waals surface area contributed by atoms with Crippen LogP contribution in [0.1, 0.15) is 13.3 Å². The van der Waals surface area contributed by atoms with Crippen LogP contribution in [-0.4, -0.2) is 47.3 Å². The molecule has 1 amide bonds. The summed E-state index contributed by atoms with van der Waals surface area (Å²) in [5.74, 6) is 0.299. The van der Waals surface area contributed by atoms with Crippen molar-refractivity contribution in [3.63, 3.8) is 0 Å². The van der Waals surface area contributed by atoms with Crippen molar-refractivity contribution in [2.45, 2.75) is 29.9 Å². The summed E-state index contributed by atoms with van der Waals surface area (Å²) in [6, 6.07) is 9.05. The molecule has 2 heterocycles. The molecule has 3 rings (SSSR count). The second kappa shape index (κ2) is 6.94. The number of amides is 1. The third-order valence-electron chi connectivity index (χ3n) is 3.65. The predicted octanol–water partition coefficient (Wildman–Crippen LogP) is 1.52. The molecule has 2 aromatic rings. The number of carbonyl (C=O) groups excluding carboxylic acids is 1. The summed E-state index contributed by atoms with van der Waals surface area (Å²) in [6.07, 6.45) is 0.462. The molecule has 0 bridgehead atoms. The minimum Gasteiger partial charge on any atom is -0.411 e. The van der Waals surface area contributed by atoms with Crippen molar-refractivity contribution in [1.29, 1.82) is 0 Å². The van der Waals surface area contributed by atoms with E-state index in [0.29, 0.717) is 17.5 Å². The average molecular weight is 367 g/mol. The van der Waals surface area contributed by atoms with E-state index in [-0.39, 0.29) is 23.5 Å². The first-order valence-corrected chi connectivity index (χ1v) is 10.2. The lowest BCUT2D eigenvalue weighted by Gasteiger charge is -2.14. The Morgan fingerprint density at radius 3 is 2.75 bits per heavy atom. The molecule has 7 nitrogen and oxygen atoms in total. The van der Waals surface area contributed by atoms with Crippen LogP contribution < -0.4 is 5.32 Å². The zero-order valence-corrected chi connectivity index (χ0v) is 14.6. The Morgan fingerprint density at radius 1 is 1.33 bits per heavy atom. The molecule has 1 aromatic heterocycles. The van der Waals surface area contributed by atoms with E-state index in [4.69, 9.17) is 4.42 Å². The van der Waals surface area contributed by atoms with Gasteiger partial charge in [-0.15, -0.1) is 10.2 Å². The van der Waals surface area contributed by atoms with Gasteiger partial charge in [-0.3, -0.25) is 4.79 Å². The number of thioether (sulfide) groups is 1. The largest absolute Gasteiger partial charge is 0.411 e. The van der Waals surface area contributed by atoms with Crippen molar-refractivity contribution in [1.82, 2.24) is 15.5 Å². The fourth-order valence-corrected chi connectivity index (χ4v) is 4.75. The maximum absolute atomic E-state index is 12.2. The normalized spacial score (nSPS) is 20.6. The summed E-state index contributed by atoms with van der Waals surface area (Å²) in [5, 5.41) is 10.5. The summed E-state index contributed by atoms with van der Waals surface area (Å²) >= 11 is 1.15. The van der Waals surface area contributed by atoms with Crippen LogP contribution in [0.3, 0.4) is 0 Å². The van der Waals surface area contributed by atoms with E-state index in [1.165, 1.54) is 0 Å². The quantitative estimate of drug-likeness (QED) is 0.799. The second-order valence-electron chi connectivity index (χ2n) is 5.61. The first-order valence-electron chi connectivity index (χ1n) is 7.49. The lowest BCUT2D eigenvalue weighted by Crippen LogP contribution is -2.39. The smallest absolute Gasteiger partial charge is 0.277 e. The van der Waals surface area contributed by atoms with Crippen LogP contribution in [0.5, 0.6) is 0 Å². The molecular weight excluding hydrogens is 350 g/mol. The highest BCUT2D eigenvalue weighted by Crippen LogP contribution is 2.26. The third kappa shape index (κ3) is 4.15. The van der Waals surface area contributed by atoms with Crippen molar-refractivity contribution in [2.75, 3.05) is 11.5 Å². The molecule has 0 unspecified atom stereocenters. The van der Waals surface area contributed by atoms with Crippen molar-refractivity contribution < 1.29 is 17.6 Å². The van der Waals surface area contributed by atoms with E-state index < -0.39 is 15.1 Å². The van der Waals surface area contributed by atoms with Gasteiger partial charge < -0.3 is 9.73 Å². The van der Waals surface area contributed by atoms with Gasteiger partial charge >= 0.3 is 0 Å². The Hall–Kier alpha value is -1.87. The molecule has 0 spiro atoms. The standard InChI is InChI=1S/C15H17N3O4S2/c1-10(13(19)16-12-7-8-24(20,21)9-12)23-15-18-17-14(22-15)11-5-3-2-4-6-11/h2-6,10,12H,7-9H2,1H3,(H,16,19)/t10-,12-/m0/s1. The highest BCUT2D eigenvalue weighted by Gasteiger charge is 2.30. The number of hydrogen-bond donors (Lipinski definition) is 1. The lowest BCUT2D eigenvalue weighted by atomic mass is 10.2. The summed E-state index contributed by atoms with van der Waals surface area (Å²) in [5.41, 5.74) is 0.810. The Labute approximate surface area is 144 Å². The van der Waals surface area contributed by atoms with Gasteiger partial charge in [0.1, 0.15) is 0 Å². The first kappa shape index (κ1) is 17.0. The summed E-state index contributed by atoms with van der Waals surface area (Å²) in [6.45, 7) is 1.72. The Bertz CT molecular complexity index is 820. The Kier molecular flexibility index (Phi) is 4.91. The number of sulfone groups is 1. The molecule has 24 heavy (non-hydrogen) atoms. The number of hydrogen-bond acceptors (Lipinski definition) is 7. The molecule has 0 aliphatic carbocycles. The molecule has 1 aliphatic rings. The highest BCUT2D eigenvalue weighted by molar-refractivity contribution is 8.00. The number of rotatable bonds is 5. The number of nitrogens with zero attached hydrogens (tertiary/aromatic N) is 2. The van der Waals surface area contributed by atoms with Crippen LogP contribution in [0.2, 0.25) is 0 Å². The molecule has 2 atom stereocenters. The summed E-state index contributed by atoms with van der Waals surface area (Å²) in [4.78, 5) is 12.2. The maximum Gasteiger partial charge on any atom is 0.277 e. The lowest BCUT2D eigenvalue weighted by molar-refractivity contribution is -0.120. The minimum absolute atomic E-state index is 0.00877. The van der Waals surface area contributed by atoms with Gasteiger partial charge in [-0.2, -0.15) is 0 Å². The zero-order chi connectivity index (χ0) is 17.2. The molecule has 9 heteroatoms. The SMILES string of the molecule is C[C@H](Sc1nnc(-c2ccccc2)o1)C(=O)N[C@H]1CCS(=O)(=O)C1. The van der Waals surface area contributed by atoms with Crippen LogP contribution in [0.25, 0.3) is 11.5 Å². The van der Waals surface area contributed by atoms with Crippen molar-refractivity contribution >= 4 is 27.5 Å². The summed E-state index contributed by atoms with van der Waals surface area (Å²) in [7, 11) is -3.02. The van der Waals surface area contributed by atoms with Crippen LogP contribution >= 0.6 is 11.8 Å². The number of benzene rings is 1. The maximum atomic E-state index is 12.2.